The number of carbonyl (C=O) groups is 1. The maximum absolute atomic E-state index is 11.3. The van der Waals surface area contributed by atoms with Gasteiger partial charge in [0.15, 0.2) is 0 Å². The Morgan fingerprint density at radius 1 is 1.47 bits per heavy atom. The Bertz CT molecular complexity index is 377. The number of pyridine rings is 1. The maximum atomic E-state index is 11.3. The van der Waals surface area contributed by atoms with Gasteiger partial charge in [0.1, 0.15) is 11.3 Å². The van der Waals surface area contributed by atoms with Crippen molar-refractivity contribution in [2.24, 2.45) is 0 Å². The lowest BCUT2D eigenvalue weighted by Gasteiger charge is -2.08. The Kier molecular flexibility index (Phi) is 3.46. The van der Waals surface area contributed by atoms with Gasteiger partial charge >= 0.3 is 5.97 Å². The number of methoxy groups -OCH3 is 2. The molecule has 0 spiro atoms. The van der Waals surface area contributed by atoms with E-state index in [0.717, 1.165) is 6.07 Å². The van der Waals surface area contributed by atoms with Crippen molar-refractivity contribution >= 4 is 5.97 Å². The van der Waals surface area contributed by atoms with E-state index in [0.29, 0.717) is 0 Å². The highest BCUT2D eigenvalue weighted by Gasteiger charge is 2.19. The van der Waals surface area contributed by atoms with Gasteiger partial charge in [-0.25, -0.2) is 9.78 Å². The minimum Gasteiger partial charge on any atom is -0.507 e. The van der Waals surface area contributed by atoms with Crippen LogP contribution < -0.4 is 0 Å². The molecular formula is C9H11NO5. The van der Waals surface area contributed by atoms with Crippen LogP contribution in [0.1, 0.15) is 16.1 Å². The Labute approximate surface area is 86.1 Å². The predicted octanol–water partition coefficient (Wildman–Crippen LogP) is 0.426. The van der Waals surface area contributed by atoms with Crippen LogP contribution in [0.4, 0.5) is 0 Å². The molecule has 2 N–H and O–H groups in total. The van der Waals surface area contributed by atoms with Crippen LogP contribution in [-0.2, 0) is 16.1 Å². The van der Waals surface area contributed by atoms with Crippen molar-refractivity contribution in [2.45, 2.75) is 6.61 Å². The van der Waals surface area contributed by atoms with Crippen LogP contribution in [0.3, 0.4) is 0 Å². The molecular weight excluding hydrogens is 202 g/mol. The molecule has 0 fully saturated rings. The Morgan fingerprint density at radius 3 is 2.67 bits per heavy atom. The molecule has 1 rings (SSSR count). The van der Waals surface area contributed by atoms with E-state index in [9.17, 15) is 9.90 Å². The van der Waals surface area contributed by atoms with E-state index in [-0.39, 0.29) is 29.5 Å². The zero-order valence-electron chi connectivity index (χ0n) is 8.35. The summed E-state index contributed by atoms with van der Waals surface area (Å²) in [7, 11) is 2.59. The van der Waals surface area contributed by atoms with Gasteiger partial charge in [-0.1, -0.05) is 0 Å². The van der Waals surface area contributed by atoms with Gasteiger partial charge in [-0.3, -0.25) is 0 Å². The molecule has 0 aliphatic rings. The zero-order chi connectivity index (χ0) is 11.4. The van der Waals surface area contributed by atoms with Crippen LogP contribution in [0.25, 0.3) is 0 Å². The van der Waals surface area contributed by atoms with Gasteiger partial charge in [0.2, 0.25) is 5.88 Å². The molecule has 0 saturated heterocycles. The molecule has 0 amide bonds. The molecule has 0 aliphatic carbocycles. The van der Waals surface area contributed by atoms with Gasteiger partial charge in [-0.2, -0.15) is 0 Å². The lowest BCUT2D eigenvalue weighted by Crippen LogP contribution is -2.08. The molecule has 0 bridgehead atoms. The second-order valence-electron chi connectivity index (χ2n) is 2.75. The number of aromatic hydroxyl groups is 2. The van der Waals surface area contributed by atoms with Crippen molar-refractivity contribution < 1.29 is 24.5 Å². The number of esters is 1. The Balaban J connectivity index is 3.26. The topological polar surface area (TPSA) is 88.9 Å². The quantitative estimate of drug-likeness (QED) is 0.707. The maximum Gasteiger partial charge on any atom is 0.343 e. The lowest BCUT2D eigenvalue weighted by molar-refractivity contribution is 0.0591. The standard InChI is InChI=1S/C9H11NO5/c1-14-4-5-8(9(13)15-2)6(11)3-7(12)10-5/h3H,4H2,1-2H3,(H2,10,11,12). The summed E-state index contributed by atoms with van der Waals surface area (Å²) in [5.41, 5.74) is 0.0269. The molecule has 15 heavy (non-hydrogen) atoms. The fourth-order valence-electron chi connectivity index (χ4n) is 1.13. The van der Waals surface area contributed by atoms with Crippen molar-refractivity contribution in [1.29, 1.82) is 0 Å². The number of ether oxygens (including phenoxy) is 2. The summed E-state index contributed by atoms with van der Waals surface area (Å²) in [5, 5.41) is 18.6. The van der Waals surface area contributed by atoms with E-state index in [1.807, 2.05) is 0 Å². The highest BCUT2D eigenvalue weighted by atomic mass is 16.5. The van der Waals surface area contributed by atoms with Crippen molar-refractivity contribution in [3.8, 4) is 11.6 Å². The molecule has 0 radical (unpaired) electrons. The zero-order valence-corrected chi connectivity index (χ0v) is 8.35. The molecule has 1 heterocycles. The predicted molar refractivity (Wildman–Crippen MR) is 49.6 cm³/mol. The first-order valence-electron chi connectivity index (χ1n) is 4.09. The number of nitrogens with zero attached hydrogens (tertiary/aromatic N) is 1. The molecule has 0 aromatic carbocycles. The van der Waals surface area contributed by atoms with Gasteiger partial charge in [0.25, 0.3) is 0 Å². The van der Waals surface area contributed by atoms with Gasteiger partial charge in [-0.15, -0.1) is 0 Å². The average Bonchev–Trinajstić information content (AvgIpc) is 2.16. The molecule has 6 nitrogen and oxygen atoms in total. The molecule has 0 aliphatic heterocycles. The molecule has 82 valence electrons. The van der Waals surface area contributed by atoms with Crippen molar-refractivity contribution in [2.75, 3.05) is 14.2 Å². The Hall–Kier alpha value is -1.82. The first-order valence-corrected chi connectivity index (χ1v) is 4.09. The van der Waals surface area contributed by atoms with E-state index < -0.39 is 5.97 Å². The molecule has 1 aromatic rings. The van der Waals surface area contributed by atoms with Gasteiger partial charge < -0.3 is 19.7 Å². The van der Waals surface area contributed by atoms with Crippen LogP contribution in [0, 0.1) is 0 Å². The van der Waals surface area contributed by atoms with E-state index >= 15 is 0 Å². The van der Waals surface area contributed by atoms with Crippen molar-refractivity contribution in [3.63, 3.8) is 0 Å². The highest BCUT2D eigenvalue weighted by Crippen LogP contribution is 2.25. The third-order valence-electron chi connectivity index (χ3n) is 1.73. The number of rotatable bonds is 3. The molecule has 0 saturated carbocycles. The summed E-state index contributed by atoms with van der Waals surface area (Å²) in [6.07, 6.45) is 0. The van der Waals surface area contributed by atoms with Crippen LogP contribution in [0.2, 0.25) is 0 Å². The van der Waals surface area contributed by atoms with E-state index in [2.05, 4.69) is 9.72 Å². The third kappa shape index (κ3) is 2.35. The van der Waals surface area contributed by atoms with Crippen LogP contribution in [0.15, 0.2) is 6.07 Å². The summed E-state index contributed by atoms with van der Waals surface area (Å²) in [6, 6.07) is 0.964. The van der Waals surface area contributed by atoms with Gasteiger partial charge in [0, 0.05) is 13.2 Å². The number of carbonyl (C=O) groups excluding carboxylic acids is 1. The number of hydrogen-bond acceptors (Lipinski definition) is 6. The first kappa shape index (κ1) is 11.3. The smallest absolute Gasteiger partial charge is 0.343 e. The first-order chi connectivity index (χ1) is 7.10. The van der Waals surface area contributed by atoms with Crippen molar-refractivity contribution in [1.82, 2.24) is 4.98 Å². The molecule has 0 unspecified atom stereocenters. The molecule has 1 aromatic heterocycles. The second kappa shape index (κ2) is 4.61. The lowest BCUT2D eigenvalue weighted by atomic mass is 10.2. The summed E-state index contributed by atoms with van der Waals surface area (Å²) in [5.74, 6) is -1.50. The minimum absolute atomic E-state index is 0.00755. The van der Waals surface area contributed by atoms with Crippen LogP contribution >= 0.6 is 0 Å². The minimum atomic E-state index is -0.730. The summed E-state index contributed by atoms with van der Waals surface area (Å²) in [4.78, 5) is 14.9. The molecule has 0 atom stereocenters. The SMILES string of the molecule is COCc1nc(O)cc(O)c1C(=O)OC. The number of aromatic nitrogens is 1. The Morgan fingerprint density at radius 2 is 2.13 bits per heavy atom. The van der Waals surface area contributed by atoms with Crippen molar-refractivity contribution in [3.05, 3.63) is 17.3 Å². The van der Waals surface area contributed by atoms with E-state index in [1.54, 1.807) is 0 Å². The van der Waals surface area contributed by atoms with E-state index in [1.165, 1.54) is 14.2 Å². The monoisotopic (exact) mass is 213 g/mol. The highest BCUT2D eigenvalue weighted by molar-refractivity contribution is 5.93. The summed E-state index contributed by atoms with van der Waals surface area (Å²) < 4.78 is 9.25. The van der Waals surface area contributed by atoms with Gasteiger partial charge in [-0.05, 0) is 0 Å². The third-order valence-corrected chi connectivity index (χ3v) is 1.73. The summed E-state index contributed by atoms with van der Waals surface area (Å²) in [6.45, 7) is -0.00755. The molecule has 6 heteroatoms. The normalized spacial score (nSPS) is 10.0. The van der Waals surface area contributed by atoms with Crippen LogP contribution in [0.5, 0.6) is 11.6 Å². The largest absolute Gasteiger partial charge is 0.507 e. The fourth-order valence-corrected chi connectivity index (χ4v) is 1.13. The van der Waals surface area contributed by atoms with Crippen LogP contribution in [-0.4, -0.2) is 35.4 Å². The fraction of sp³-hybridized carbons (Fsp3) is 0.333. The van der Waals surface area contributed by atoms with E-state index in [4.69, 9.17) is 9.84 Å². The second-order valence-corrected chi connectivity index (χ2v) is 2.75. The summed E-state index contributed by atoms with van der Waals surface area (Å²) >= 11 is 0. The average molecular weight is 213 g/mol. The number of hydrogen-bond donors (Lipinski definition) is 2. The van der Waals surface area contributed by atoms with Gasteiger partial charge in [0.05, 0.1) is 19.4 Å².